The molecule has 2 aromatic heterocycles. The highest BCUT2D eigenvalue weighted by Crippen LogP contribution is 2.47. The second-order valence-corrected chi connectivity index (χ2v) is 18.9. The number of aromatic nitrogens is 4. The lowest BCUT2D eigenvalue weighted by atomic mass is 9.94. The van der Waals surface area contributed by atoms with Crippen molar-refractivity contribution in [2.24, 2.45) is 0 Å². The van der Waals surface area contributed by atoms with Crippen molar-refractivity contribution in [1.82, 2.24) is 19.9 Å². The largest absolute Gasteiger partial charge is 0.360 e. The van der Waals surface area contributed by atoms with Gasteiger partial charge in [-0.2, -0.15) is 0 Å². The summed E-state index contributed by atoms with van der Waals surface area (Å²) in [6, 6.07) is 17.4. The summed E-state index contributed by atoms with van der Waals surface area (Å²) in [4.78, 5) is 19.0. The van der Waals surface area contributed by atoms with Crippen molar-refractivity contribution in [3.63, 3.8) is 0 Å². The fourth-order valence-electron chi connectivity index (χ4n) is 10.2. The van der Waals surface area contributed by atoms with Gasteiger partial charge in [0.25, 0.3) is 0 Å². The number of nitrogens with zero attached hydrogens (tertiary/aromatic N) is 4. The van der Waals surface area contributed by atoms with E-state index in [9.17, 15) is 0 Å². The molecule has 4 atom stereocenters. The summed E-state index contributed by atoms with van der Waals surface area (Å²) in [7, 11) is 0. The molecule has 0 radical (unpaired) electrons. The fourth-order valence-corrected chi connectivity index (χ4v) is 10.2. The van der Waals surface area contributed by atoms with Crippen LogP contribution in [0.25, 0.3) is 22.3 Å². The highest BCUT2D eigenvalue weighted by Gasteiger charge is 2.49. The highest BCUT2D eigenvalue weighted by molar-refractivity contribution is 5.62. The van der Waals surface area contributed by atoms with Crippen LogP contribution in [0.4, 0.5) is 0 Å². The van der Waals surface area contributed by atoms with E-state index >= 15 is 0 Å². The van der Waals surface area contributed by atoms with Crippen LogP contribution in [-0.2, 0) is 36.5 Å². The van der Waals surface area contributed by atoms with E-state index < -0.39 is 23.8 Å². The van der Waals surface area contributed by atoms with Gasteiger partial charge in [-0.25, -0.2) is 19.9 Å². The molecule has 63 heavy (non-hydrogen) atoms. The van der Waals surface area contributed by atoms with Gasteiger partial charge in [-0.1, -0.05) is 139 Å². The normalized spacial score (nSPS) is 21.6. The number of rotatable bonds is 22. The summed E-state index contributed by atoms with van der Waals surface area (Å²) in [6.45, 7) is 5.48. The minimum atomic E-state index is -0.540. The lowest BCUT2D eigenvalue weighted by molar-refractivity contribution is -0.218. The number of hydrogen-bond acceptors (Lipinski definition) is 9. The first-order chi connectivity index (χ1) is 31.0. The maximum absolute atomic E-state index is 7.46. The Balaban J connectivity index is 1.01. The maximum atomic E-state index is 7.46. The van der Waals surface area contributed by atoms with Gasteiger partial charge in [-0.05, 0) is 60.8 Å². The number of hydrogen-bond donors (Lipinski definition) is 0. The first kappa shape index (κ1) is 45.9. The monoisotopic (exact) mass is 859 g/mol. The Labute approximate surface area is 377 Å². The SMILES string of the molecule is CCCCCCCCc1ncc(-c2ccc([C@H](O[C@@H](c3ccc(-c4cnc(CCCCCCCC)nc4)cc3)C3COC4(CCCCC4)O3)C3COC4(CCCCC4)O3)cc2)cn1. The molecule has 2 aliphatic heterocycles. The molecule has 2 unspecified atom stereocenters. The third-order valence-electron chi connectivity index (χ3n) is 14.0. The molecule has 0 bridgehead atoms. The third-order valence-corrected chi connectivity index (χ3v) is 14.0. The summed E-state index contributed by atoms with van der Waals surface area (Å²) in [5.74, 6) is 0.765. The average Bonchev–Trinajstić information content (AvgIpc) is 3.93. The second kappa shape index (κ2) is 23.0. The third kappa shape index (κ3) is 12.4. The van der Waals surface area contributed by atoms with Gasteiger partial charge >= 0.3 is 0 Å². The number of ether oxygens (including phenoxy) is 5. The van der Waals surface area contributed by atoms with Gasteiger partial charge in [-0.3, -0.25) is 0 Å². The van der Waals surface area contributed by atoms with E-state index in [1.54, 1.807) is 0 Å². The lowest BCUT2D eigenvalue weighted by Crippen LogP contribution is -2.37. The molecule has 4 fully saturated rings. The van der Waals surface area contributed by atoms with E-state index in [4.69, 9.17) is 43.6 Å². The van der Waals surface area contributed by atoms with Gasteiger partial charge in [0.2, 0.25) is 0 Å². The van der Waals surface area contributed by atoms with Crippen LogP contribution in [0.5, 0.6) is 0 Å². The predicted octanol–water partition coefficient (Wildman–Crippen LogP) is 13.4. The summed E-state index contributed by atoms with van der Waals surface area (Å²) in [5.41, 5.74) is 6.28. The molecule has 4 aromatic rings. The van der Waals surface area contributed by atoms with Crippen LogP contribution < -0.4 is 0 Å². The van der Waals surface area contributed by atoms with Crippen molar-refractivity contribution in [3.05, 3.63) is 96.1 Å². The number of benzene rings is 2. The first-order valence-corrected chi connectivity index (χ1v) is 25.2. The Morgan fingerprint density at radius 2 is 0.841 bits per heavy atom. The van der Waals surface area contributed by atoms with Gasteiger partial charge in [0, 0.05) is 74.4 Å². The van der Waals surface area contributed by atoms with Crippen molar-refractivity contribution in [1.29, 1.82) is 0 Å². The Hall–Kier alpha value is -3.60. The van der Waals surface area contributed by atoms with Gasteiger partial charge < -0.3 is 23.7 Å². The summed E-state index contributed by atoms with van der Waals surface area (Å²) in [6.07, 6.45) is 34.1. The minimum Gasteiger partial charge on any atom is -0.360 e. The second-order valence-electron chi connectivity index (χ2n) is 18.9. The molecule has 2 aromatic carbocycles. The molecule has 4 aliphatic rings. The lowest BCUT2D eigenvalue weighted by Gasteiger charge is -2.36. The van der Waals surface area contributed by atoms with Crippen LogP contribution >= 0.6 is 0 Å². The van der Waals surface area contributed by atoms with Crippen molar-refractivity contribution in [2.75, 3.05) is 13.2 Å². The van der Waals surface area contributed by atoms with Gasteiger partial charge in [-0.15, -0.1) is 0 Å². The van der Waals surface area contributed by atoms with E-state index in [2.05, 4.69) is 62.4 Å². The summed E-state index contributed by atoms with van der Waals surface area (Å²) >= 11 is 0. The van der Waals surface area contributed by atoms with Gasteiger partial charge in [0.05, 0.1) is 13.2 Å². The van der Waals surface area contributed by atoms with Crippen LogP contribution in [-0.4, -0.2) is 56.9 Å². The molecule has 9 nitrogen and oxygen atoms in total. The van der Waals surface area contributed by atoms with Crippen molar-refractivity contribution in [2.45, 2.75) is 204 Å². The average molecular weight is 859 g/mol. The Kier molecular flexibility index (Phi) is 16.8. The van der Waals surface area contributed by atoms with Crippen molar-refractivity contribution < 1.29 is 23.7 Å². The molecule has 0 N–H and O–H groups in total. The Morgan fingerprint density at radius 3 is 1.22 bits per heavy atom. The van der Waals surface area contributed by atoms with Gasteiger partial charge in [0.15, 0.2) is 11.6 Å². The van der Waals surface area contributed by atoms with Gasteiger partial charge in [0.1, 0.15) is 36.1 Å². The van der Waals surface area contributed by atoms with Crippen LogP contribution in [0.15, 0.2) is 73.3 Å². The van der Waals surface area contributed by atoms with Crippen LogP contribution in [0.3, 0.4) is 0 Å². The van der Waals surface area contributed by atoms with E-state index in [1.165, 1.54) is 77.0 Å². The molecule has 0 amide bonds. The van der Waals surface area contributed by atoms with Crippen LogP contribution in [0.1, 0.15) is 190 Å². The summed E-state index contributed by atoms with van der Waals surface area (Å²) < 4.78 is 34.6. The molecular weight excluding hydrogens is 785 g/mol. The minimum absolute atomic E-state index is 0.279. The molecule has 8 rings (SSSR count). The zero-order valence-corrected chi connectivity index (χ0v) is 38.5. The van der Waals surface area contributed by atoms with E-state index in [-0.39, 0.29) is 12.2 Å². The topological polar surface area (TPSA) is 97.7 Å². The molecule has 9 heteroatoms. The molecule has 2 spiro atoms. The highest BCUT2D eigenvalue weighted by atomic mass is 16.8. The molecule has 2 saturated heterocycles. The predicted molar refractivity (Wildman–Crippen MR) is 249 cm³/mol. The molecule has 340 valence electrons. The fraction of sp³-hybridized carbons (Fsp3) is 0.630. The maximum Gasteiger partial charge on any atom is 0.169 e. The summed E-state index contributed by atoms with van der Waals surface area (Å²) in [5, 5.41) is 0. The van der Waals surface area contributed by atoms with Crippen molar-refractivity contribution >= 4 is 0 Å². The zero-order valence-electron chi connectivity index (χ0n) is 38.5. The van der Waals surface area contributed by atoms with E-state index in [1.807, 2.05) is 24.8 Å². The molecule has 2 aliphatic carbocycles. The van der Waals surface area contributed by atoms with Crippen LogP contribution in [0.2, 0.25) is 0 Å². The Morgan fingerprint density at radius 1 is 0.476 bits per heavy atom. The molecule has 2 saturated carbocycles. The molecular formula is C54H74N4O5. The standard InChI is InChI=1S/C54H74N4O5/c1-3-5-7-9-11-15-21-49-55-35-45(36-56-49)41-23-27-43(28-24-41)51(47-39-59-53(62-47)31-17-13-18-32-53)61-52(48-40-60-54(63-48)33-19-14-20-34-54)44-29-25-42(26-30-44)46-37-57-50(58-38-46)22-16-12-10-8-6-4-2/h23-30,35-38,47-48,51-52H,3-22,31-34,39-40H2,1-2H3/t47?,48?,51-,52-/m0/s1. The smallest absolute Gasteiger partial charge is 0.169 e. The van der Waals surface area contributed by atoms with Crippen LogP contribution in [0, 0.1) is 0 Å². The van der Waals surface area contributed by atoms with E-state index in [0.29, 0.717) is 13.2 Å². The Bertz CT molecular complexity index is 1790. The number of aryl methyl sites for hydroxylation is 2. The van der Waals surface area contributed by atoms with Crippen molar-refractivity contribution in [3.8, 4) is 22.3 Å². The molecule has 4 heterocycles. The number of unbranched alkanes of at least 4 members (excludes halogenated alkanes) is 10. The quantitative estimate of drug-likeness (QED) is 0.0716. The van der Waals surface area contributed by atoms with E-state index in [0.717, 1.165) is 122 Å². The first-order valence-electron chi connectivity index (χ1n) is 25.2. The zero-order chi connectivity index (χ0) is 43.2.